The number of anilines is 2. The lowest BCUT2D eigenvalue weighted by Crippen LogP contribution is -2.48. The van der Waals surface area contributed by atoms with Gasteiger partial charge in [-0.1, -0.05) is 66.7 Å². The average molecular weight is 343 g/mol. The van der Waals surface area contributed by atoms with E-state index < -0.39 is 12.1 Å². The maximum Gasteiger partial charge on any atom is 0.349 e. The van der Waals surface area contributed by atoms with Crippen molar-refractivity contribution in [2.45, 2.75) is 6.17 Å². The second kappa shape index (κ2) is 6.72. The Kier molecular flexibility index (Phi) is 4.11. The quantitative estimate of drug-likeness (QED) is 0.783. The minimum atomic E-state index is -0.965. The second-order valence-electron chi connectivity index (χ2n) is 5.89. The number of rotatable bonds is 4. The van der Waals surface area contributed by atoms with Crippen molar-refractivity contribution >= 4 is 23.2 Å². The number of nitrogens with zero attached hydrogens (tertiary/aromatic N) is 3. The largest absolute Gasteiger partial charge is 0.478 e. The van der Waals surface area contributed by atoms with Crippen LogP contribution < -0.4 is 9.91 Å². The summed E-state index contributed by atoms with van der Waals surface area (Å²) in [4.78, 5) is 13.9. The molecule has 0 aliphatic carbocycles. The molecule has 1 aliphatic heterocycles. The van der Waals surface area contributed by atoms with Crippen LogP contribution in [0.5, 0.6) is 0 Å². The summed E-state index contributed by atoms with van der Waals surface area (Å²) in [6, 6.07) is 28.5. The lowest BCUT2D eigenvalue weighted by Gasteiger charge is -2.28. The monoisotopic (exact) mass is 343 g/mol. The van der Waals surface area contributed by atoms with Gasteiger partial charge in [0.25, 0.3) is 0 Å². The third-order valence-corrected chi connectivity index (χ3v) is 4.21. The predicted octanol–water partition coefficient (Wildman–Crippen LogP) is 3.79. The van der Waals surface area contributed by atoms with Gasteiger partial charge in [0.1, 0.15) is 0 Å². The SMILES string of the molecule is O=C(O)C1N(c2ccccc2)N=C(c2ccccc2)N1c1ccccc1. The van der Waals surface area contributed by atoms with Crippen molar-refractivity contribution < 1.29 is 9.90 Å². The first-order valence-electron chi connectivity index (χ1n) is 8.31. The standard InChI is InChI=1S/C21H17N3O2/c25-21(26)20-23(17-12-6-2-7-13-17)19(16-10-4-1-5-11-16)22-24(20)18-14-8-3-9-15-18/h1-15,20H,(H,25,26). The number of hydrogen-bond acceptors (Lipinski definition) is 4. The Hall–Kier alpha value is -3.60. The van der Waals surface area contributed by atoms with E-state index >= 15 is 0 Å². The number of para-hydroxylation sites is 2. The number of hydrogen-bond donors (Lipinski definition) is 1. The maximum absolute atomic E-state index is 12.2. The van der Waals surface area contributed by atoms with E-state index in [1.54, 1.807) is 9.91 Å². The molecule has 26 heavy (non-hydrogen) atoms. The van der Waals surface area contributed by atoms with Crippen molar-refractivity contribution in [3.8, 4) is 0 Å². The van der Waals surface area contributed by atoms with Crippen molar-refractivity contribution in [2.24, 2.45) is 5.10 Å². The molecule has 1 atom stereocenters. The summed E-state index contributed by atoms with van der Waals surface area (Å²) in [5.41, 5.74) is 2.37. The molecule has 1 aliphatic rings. The van der Waals surface area contributed by atoms with Gasteiger partial charge in [-0.15, -0.1) is 0 Å². The van der Waals surface area contributed by atoms with Crippen LogP contribution in [0.15, 0.2) is 96.1 Å². The molecule has 1 heterocycles. The highest BCUT2D eigenvalue weighted by atomic mass is 16.4. The minimum absolute atomic E-state index is 0.605. The molecule has 0 fully saturated rings. The molecule has 0 saturated heterocycles. The molecule has 3 aromatic rings. The lowest BCUT2D eigenvalue weighted by molar-refractivity contribution is -0.138. The van der Waals surface area contributed by atoms with Gasteiger partial charge in [0.05, 0.1) is 5.69 Å². The van der Waals surface area contributed by atoms with Gasteiger partial charge < -0.3 is 5.11 Å². The van der Waals surface area contributed by atoms with Crippen molar-refractivity contribution in [3.05, 3.63) is 96.6 Å². The summed E-state index contributed by atoms with van der Waals surface area (Å²) in [5, 5.41) is 16.2. The van der Waals surface area contributed by atoms with Crippen molar-refractivity contribution in [3.63, 3.8) is 0 Å². The van der Waals surface area contributed by atoms with Crippen LogP contribution in [0.2, 0.25) is 0 Å². The van der Waals surface area contributed by atoms with Gasteiger partial charge in [-0.25, -0.2) is 9.80 Å². The number of benzene rings is 3. The lowest BCUT2D eigenvalue weighted by atomic mass is 10.1. The second-order valence-corrected chi connectivity index (χ2v) is 5.89. The zero-order chi connectivity index (χ0) is 17.9. The van der Waals surface area contributed by atoms with Crippen LogP contribution in [-0.4, -0.2) is 23.1 Å². The van der Waals surface area contributed by atoms with Gasteiger partial charge in [0, 0.05) is 11.3 Å². The number of carbonyl (C=O) groups is 1. The fraction of sp³-hybridized carbons (Fsp3) is 0.0476. The summed E-state index contributed by atoms with van der Waals surface area (Å²) in [6.07, 6.45) is -0.963. The van der Waals surface area contributed by atoms with Crippen molar-refractivity contribution in [2.75, 3.05) is 9.91 Å². The summed E-state index contributed by atoms with van der Waals surface area (Å²) in [6.45, 7) is 0. The summed E-state index contributed by atoms with van der Waals surface area (Å²) in [7, 11) is 0. The molecule has 0 bridgehead atoms. The van der Waals surface area contributed by atoms with E-state index in [0.717, 1.165) is 16.9 Å². The normalized spacial score (nSPS) is 16.5. The van der Waals surface area contributed by atoms with Gasteiger partial charge in [0.15, 0.2) is 5.84 Å². The van der Waals surface area contributed by atoms with Gasteiger partial charge >= 0.3 is 5.97 Å². The van der Waals surface area contributed by atoms with E-state index in [1.807, 2.05) is 91.0 Å². The molecule has 1 N–H and O–H groups in total. The number of carboxylic acids is 1. The molecule has 0 saturated carbocycles. The Labute approximate surface area is 151 Å². The fourth-order valence-electron chi connectivity index (χ4n) is 3.06. The Morgan fingerprint density at radius 2 is 1.27 bits per heavy atom. The summed E-state index contributed by atoms with van der Waals surface area (Å²) < 4.78 is 0. The van der Waals surface area contributed by atoms with E-state index in [9.17, 15) is 9.90 Å². The van der Waals surface area contributed by atoms with Gasteiger partial charge in [-0.3, -0.25) is 4.90 Å². The van der Waals surface area contributed by atoms with Crippen LogP contribution in [0.4, 0.5) is 11.4 Å². The van der Waals surface area contributed by atoms with Crippen molar-refractivity contribution in [1.82, 2.24) is 0 Å². The van der Waals surface area contributed by atoms with E-state index in [2.05, 4.69) is 5.10 Å². The smallest absolute Gasteiger partial charge is 0.349 e. The summed E-state index contributed by atoms with van der Waals surface area (Å²) in [5.74, 6) is -0.361. The summed E-state index contributed by atoms with van der Waals surface area (Å²) >= 11 is 0. The van der Waals surface area contributed by atoms with Gasteiger partial charge in [-0.05, 0) is 24.3 Å². The molecular formula is C21H17N3O2. The molecule has 0 aromatic heterocycles. The van der Waals surface area contributed by atoms with Crippen LogP contribution >= 0.6 is 0 Å². The van der Waals surface area contributed by atoms with Gasteiger partial charge in [-0.2, -0.15) is 5.10 Å². The molecule has 128 valence electrons. The number of carboxylic acid groups (broad SMARTS) is 1. The van der Waals surface area contributed by atoms with Crippen LogP contribution in [0.25, 0.3) is 0 Å². The first kappa shape index (κ1) is 15.9. The van der Waals surface area contributed by atoms with Crippen LogP contribution in [-0.2, 0) is 4.79 Å². The number of hydrazone groups is 1. The molecule has 1 unspecified atom stereocenters. The van der Waals surface area contributed by atoms with Gasteiger partial charge in [0.2, 0.25) is 6.17 Å². The third-order valence-electron chi connectivity index (χ3n) is 4.21. The van der Waals surface area contributed by atoms with E-state index in [-0.39, 0.29) is 0 Å². The molecule has 0 amide bonds. The Balaban J connectivity index is 1.89. The van der Waals surface area contributed by atoms with Crippen molar-refractivity contribution in [1.29, 1.82) is 0 Å². The first-order chi connectivity index (χ1) is 12.8. The van der Waals surface area contributed by atoms with E-state index in [0.29, 0.717) is 5.84 Å². The highest BCUT2D eigenvalue weighted by molar-refractivity contribution is 6.15. The topological polar surface area (TPSA) is 56.1 Å². The molecule has 0 radical (unpaired) electrons. The minimum Gasteiger partial charge on any atom is -0.478 e. The molecule has 4 rings (SSSR count). The maximum atomic E-state index is 12.2. The predicted molar refractivity (Wildman–Crippen MR) is 102 cm³/mol. The van der Waals surface area contributed by atoms with Crippen LogP contribution in [0.3, 0.4) is 0 Å². The molecule has 3 aromatic carbocycles. The van der Waals surface area contributed by atoms with E-state index in [4.69, 9.17) is 0 Å². The number of amidine groups is 1. The average Bonchev–Trinajstić information content (AvgIpc) is 3.11. The number of aliphatic carboxylic acids is 1. The third kappa shape index (κ3) is 2.80. The molecular weight excluding hydrogens is 326 g/mol. The fourth-order valence-corrected chi connectivity index (χ4v) is 3.06. The zero-order valence-electron chi connectivity index (χ0n) is 13.9. The van der Waals surface area contributed by atoms with E-state index in [1.165, 1.54) is 0 Å². The first-order valence-corrected chi connectivity index (χ1v) is 8.31. The molecule has 0 spiro atoms. The Bertz CT molecular complexity index is 927. The molecule has 5 nitrogen and oxygen atoms in total. The van der Waals surface area contributed by atoms with Crippen LogP contribution in [0.1, 0.15) is 5.56 Å². The molecule has 5 heteroatoms. The highest BCUT2D eigenvalue weighted by Gasteiger charge is 2.41. The highest BCUT2D eigenvalue weighted by Crippen LogP contribution is 2.31. The Morgan fingerprint density at radius 1 is 0.769 bits per heavy atom. The van der Waals surface area contributed by atoms with Crippen LogP contribution in [0, 0.1) is 0 Å². The Morgan fingerprint density at radius 3 is 1.81 bits per heavy atom. The zero-order valence-corrected chi connectivity index (χ0v) is 13.9.